The second kappa shape index (κ2) is 5.37. The molecule has 19 heavy (non-hydrogen) atoms. The molecule has 8 heteroatoms. The predicted molar refractivity (Wildman–Crippen MR) is 70.7 cm³/mol. The van der Waals surface area contributed by atoms with E-state index in [9.17, 15) is 8.42 Å². The van der Waals surface area contributed by atoms with Crippen molar-refractivity contribution in [3.63, 3.8) is 0 Å². The first-order valence-electron chi connectivity index (χ1n) is 5.66. The summed E-state index contributed by atoms with van der Waals surface area (Å²) in [5, 5.41) is 0. The second-order valence-corrected chi connectivity index (χ2v) is 5.79. The number of anilines is 1. The molecule has 0 saturated heterocycles. The Morgan fingerprint density at radius 3 is 2.74 bits per heavy atom. The number of nitrogen functional groups attached to an aromatic ring is 1. The number of nitrogens with two attached hydrogens (primary N) is 1. The smallest absolute Gasteiger partial charge is 0.242 e. The quantitative estimate of drug-likeness (QED) is 0.798. The molecular weight excluding hydrogens is 266 g/mol. The molecule has 2 heterocycles. The van der Waals surface area contributed by atoms with Gasteiger partial charge in [0.1, 0.15) is 16.5 Å². The van der Waals surface area contributed by atoms with Crippen LogP contribution in [0, 0.1) is 0 Å². The summed E-state index contributed by atoms with van der Waals surface area (Å²) in [5.41, 5.74) is 5.41. The van der Waals surface area contributed by atoms with Gasteiger partial charge in [0.2, 0.25) is 10.0 Å². The van der Waals surface area contributed by atoms with Gasteiger partial charge in [0.05, 0.1) is 0 Å². The molecule has 0 unspecified atom stereocenters. The zero-order valence-corrected chi connectivity index (χ0v) is 11.3. The molecule has 2 aromatic rings. The third kappa shape index (κ3) is 3.30. The Hall–Kier alpha value is -1.93. The molecule has 0 aliphatic heterocycles. The lowest BCUT2D eigenvalue weighted by Crippen LogP contribution is -2.26. The molecule has 7 nitrogen and oxygen atoms in total. The average Bonchev–Trinajstić information content (AvgIpc) is 2.75. The van der Waals surface area contributed by atoms with Crippen molar-refractivity contribution in [3.8, 4) is 0 Å². The van der Waals surface area contributed by atoms with Gasteiger partial charge >= 0.3 is 0 Å². The topological polar surface area (TPSA) is 103 Å². The molecule has 0 fully saturated rings. The SMILES string of the molecule is Cn1ccnc1CCNS(=O)(=O)c1ccc(N)nc1. The molecule has 0 aliphatic rings. The molecule has 0 radical (unpaired) electrons. The lowest BCUT2D eigenvalue weighted by Gasteiger charge is -2.06. The first kappa shape index (κ1) is 13.5. The van der Waals surface area contributed by atoms with Crippen LogP contribution in [0.3, 0.4) is 0 Å². The highest BCUT2D eigenvalue weighted by Gasteiger charge is 2.13. The lowest BCUT2D eigenvalue weighted by atomic mass is 10.4. The normalized spacial score (nSPS) is 11.6. The van der Waals surface area contributed by atoms with E-state index in [-0.39, 0.29) is 17.3 Å². The number of sulfonamides is 1. The molecule has 102 valence electrons. The monoisotopic (exact) mass is 281 g/mol. The maximum absolute atomic E-state index is 11.9. The molecule has 0 amide bonds. The van der Waals surface area contributed by atoms with Crippen LogP contribution in [0.25, 0.3) is 0 Å². The van der Waals surface area contributed by atoms with Gasteiger partial charge in [-0.2, -0.15) is 0 Å². The largest absolute Gasteiger partial charge is 0.384 e. The number of imidazole rings is 1. The third-order valence-electron chi connectivity index (χ3n) is 2.63. The fourth-order valence-corrected chi connectivity index (χ4v) is 2.54. The molecule has 0 aromatic carbocycles. The first-order valence-corrected chi connectivity index (χ1v) is 7.15. The summed E-state index contributed by atoms with van der Waals surface area (Å²) in [7, 11) is -1.69. The van der Waals surface area contributed by atoms with E-state index in [4.69, 9.17) is 5.73 Å². The summed E-state index contributed by atoms with van der Waals surface area (Å²) in [6, 6.07) is 2.87. The summed E-state index contributed by atoms with van der Waals surface area (Å²) in [4.78, 5) is 7.98. The zero-order chi connectivity index (χ0) is 13.9. The highest BCUT2D eigenvalue weighted by atomic mass is 32.2. The van der Waals surface area contributed by atoms with Crippen LogP contribution >= 0.6 is 0 Å². The van der Waals surface area contributed by atoms with Crippen molar-refractivity contribution in [3.05, 3.63) is 36.5 Å². The molecule has 0 atom stereocenters. The van der Waals surface area contributed by atoms with Crippen LogP contribution < -0.4 is 10.5 Å². The number of aromatic nitrogens is 3. The number of hydrogen-bond acceptors (Lipinski definition) is 5. The Balaban J connectivity index is 1.98. The van der Waals surface area contributed by atoms with Gasteiger partial charge in [0, 0.05) is 38.6 Å². The van der Waals surface area contributed by atoms with E-state index in [1.165, 1.54) is 18.3 Å². The van der Waals surface area contributed by atoms with Gasteiger partial charge in [-0.05, 0) is 12.1 Å². The summed E-state index contributed by atoms with van der Waals surface area (Å²) >= 11 is 0. The van der Waals surface area contributed by atoms with E-state index in [2.05, 4.69) is 14.7 Å². The Morgan fingerprint density at radius 2 is 2.16 bits per heavy atom. The van der Waals surface area contributed by atoms with E-state index in [1.807, 2.05) is 17.8 Å². The molecule has 2 aromatic heterocycles. The molecule has 0 aliphatic carbocycles. The summed E-state index contributed by atoms with van der Waals surface area (Å²) in [5.74, 6) is 1.10. The van der Waals surface area contributed by atoms with Crippen LogP contribution in [-0.4, -0.2) is 29.5 Å². The lowest BCUT2D eigenvalue weighted by molar-refractivity contribution is 0.579. The van der Waals surface area contributed by atoms with Crippen LogP contribution in [0.15, 0.2) is 35.6 Å². The standard InChI is InChI=1S/C11H15N5O2S/c1-16-7-6-13-11(16)4-5-15-19(17,18)9-2-3-10(12)14-8-9/h2-3,6-8,15H,4-5H2,1H3,(H2,12,14). The summed E-state index contributed by atoms with van der Waals surface area (Å²) < 4.78 is 28.2. The average molecular weight is 281 g/mol. The van der Waals surface area contributed by atoms with E-state index in [0.29, 0.717) is 6.42 Å². The van der Waals surface area contributed by atoms with Crippen molar-refractivity contribution in [1.82, 2.24) is 19.3 Å². The van der Waals surface area contributed by atoms with Gasteiger partial charge in [-0.15, -0.1) is 0 Å². The van der Waals surface area contributed by atoms with Crippen molar-refractivity contribution >= 4 is 15.8 Å². The molecule has 0 spiro atoms. The number of hydrogen-bond donors (Lipinski definition) is 2. The first-order chi connectivity index (χ1) is 8.99. The van der Waals surface area contributed by atoms with Gasteiger partial charge in [0.25, 0.3) is 0 Å². The van der Waals surface area contributed by atoms with Crippen molar-refractivity contribution in [2.24, 2.45) is 7.05 Å². The highest BCUT2D eigenvalue weighted by Crippen LogP contribution is 2.08. The van der Waals surface area contributed by atoms with Crippen molar-refractivity contribution in [1.29, 1.82) is 0 Å². The number of nitrogens with zero attached hydrogens (tertiary/aromatic N) is 3. The van der Waals surface area contributed by atoms with Crippen LogP contribution in [0.2, 0.25) is 0 Å². The van der Waals surface area contributed by atoms with E-state index < -0.39 is 10.0 Å². The Labute approximate surface area is 111 Å². The minimum atomic E-state index is -3.55. The Kier molecular flexibility index (Phi) is 3.82. The second-order valence-electron chi connectivity index (χ2n) is 4.02. The third-order valence-corrected chi connectivity index (χ3v) is 4.08. The van der Waals surface area contributed by atoms with Crippen LogP contribution in [0.4, 0.5) is 5.82 Å². The maximum atomic E-state index is 11.9. The van der Waals surface area contributed by atoms with Crippen molar-refractivity contribution in [2.45, 2.75) is 11.3 Å². The molecule has 0 bridgehead atoms. The molecule has 2 rings (SSSR count). The maximum Gasteiger partial charge on any atom is 0.242 e. The van der Waals surface area contributed by atoms with Gasteiger partial charge in [-0.1, -0.05) is 0 Å². The number of aryl methyl sites for hydroxylation is 1. The van der Waals surface area contributed by atoms with E-state index >= 15 is 0 Å². The summed E-state index contributed by atoms with van der Waals surface area (Å²) in [6.45, 7) is 0.275. The van der Waals surface area contributed by atoms with E-state index in [0.717, 1.165) is 5.82 Å². The predicted octanol–water partition coefficient (Wildman–Crippen LogP) is -0.0817. The van der Waals surface area contributed by atoms with Gasteiger partial charge in [-0.25, -0.2) is 23.1 Å². The van der Waals surface area contributed by atoms with Gasteiger partial charge in [-0.3, -0.25) is 0 Å². The molecule has 0 saturated carbocycles. The fraction of sp³-hybridized carbons (Fsp3) is 0.273. The Bertz CT molecular complexity index is 648. The molecular formula is C11H15N5O2S. The molecule has 3 N–H and O–H groups in total. The fourth-order valence-electron chi connectivity index (χ4n) is 1.57. The van der Waals surface area contributed by atoms with Crippen LogP contribution in [-0.2, 0) is 23.5 Å². The minimum absolute atomic E-state index is 0.0986. The van der Waals surface area contributed by atoms with Gasteiger partial charge in [0.15, 0.2) is 0 Å². The van der Waals surface area contributed by atoms with Crippen LogP contribution in [0.1, 0.15) is 5.82 Å². The zero-order valence-electron chi connectivity index (χ0n) is 10.4. The van der Waals surface area contributed by atoms with Gasteiger partial charge < -0.3 is 10.3 Å². The van der Waals surface area contributed by atoms with Crippen molar-refractivity contribution in [2.75, 3.05) is 12.3 Å². The minimum Gasteiger partial charge on any atom is -0.384 e. The number of rotatable bonds is 5. The van der Waals surface area contributed by atoms with Crippen LogP contribution in [0.5, 0.6) is 0 Å². The number of nitrogens with one attached hydrogen (secondary N) is 1. The van der Waals surface area contributed by atoms with E-state index in [1.54, 1.807) is 6.20 Å². The highest BCUT2D eigenvalue weighted by molar-refractivity contribution is 7.89. The number of pyridine rings is 1. The van der Waals surface area contributed by atoms with Crippen molar-refractivity contribution < 1.29 is 8.42 Å². The summed E-state index contributed by atoms with van der Waals surface area (Å²) in [6.07, 6.45) is 5.24. The Morgan fingerprint density at radius 1 is 1.37 bits per heavy atom.